The molecular weight excluding hydrogens is 268 g/mol. The number of nitrogens with two attached hydrogens (primary N) is 1. The van der Waals surface area contributed by atoms with Crippen LogP contribution in [0.4, 0.5) is 5.69 Å². The Kier molecular flexibility index (Phi) is 4.23. The average Bonchev–Trinajstić information content (AvgIpc) is 2.81. The molecule has 2 aromatic rings. The fourth-order valence-electron chi connectivity index (χ4n) is 1.57. The molecule has 2 rings (SSSR count). The van der Waals surface area contributed by atoms with Crippen molar-refractivity contribution in [3.63, 3.8) is 0 Å². The zero-order valence-electron chi connectivity index (χ0n) is 9.65. The average molecular weight is 281 g/mol. The lowest BCUT2D eigenvalue weighted by molar-refractivity contribution is 0.0954. The third kappa shape index (κ3) is 3.24. The van der Waals surface area contributed by atoms with Crippen LogP contribution in [-0.2, 0) is 6.42 Å². The summed E-state index contributed by atoms with van der Waals surface area (Å²) in [7, 11) is 0. The van der Waals surface area contributed by atoms with Crippen LogP contribution in [0.5, 0.6) is 0 Å². The van der Waals surface area contributed by atoms with Crippen molar-refractivity contribution in [2.45, 2.75) is 6.42 Å². The zero-order chi connectivity index (χ0) is 13.0. The number of halogens is 1. The van der Waals surface area contributed by atoms with Gasteiger partial charge in [0.2, 0.25) is 0 Å². The smallest absolute Gasteiger partial charge is 0.252 e. The lowest BCUT2D eigenvalue weighted by atomic mass is 10.2. The molecule has 0 fully saturated rings. The first-order chi connectivity index (χ1) is 8.66. The Balaban J connectivity index is 1.91. The number of carbonyl (C=O) groups excluding carboxylic acids is 1. The SMILES string of the molecule is Nc1ccc(C(=O)NCCc2ccsc2)c(Cl)c1. The van der Waals surface area contributed by atoms with Gasteiger partial charge in [0.15, 0.2) is 0 Å². The molecule has 0 aliphatic heterocycles. The van der Waals surface area contributed by atoms with Gasteiger partial charge in [0.1, 0.15) is 0 Å². The highest BCUT2D eigenvalue weighted by Gasteiger charge is 2.09. The summed E-state index contributed by atoms with van der Waals surface area (Å²) in [6.45, 7) is 0.594. The fraction of sp³-hybridized carbons (Fsp3) is 0.154. The Morgan fingerprint density at radius 3 is 2.89 bits per heavy atom. The van der Waals surface area contributed by atoms with Crippen LogP contribution in [0, 0.1) is 0 Å². The highest BCUT2D eigenvalue weighted by Crippen LogP contribution is 2.18. The molecule has 1 aromatic carbocycles. The maximum atomic E-state index is 11.9. The van der Waals surface area contributed by atoms with Gasteiger partial charge >= 0.3 is 0 Å². The number of nitrogen functional groups attached to an aromatic ring is 1. The molecule has 0 spiro atoms. The van der Waals surface area contributed by atoms with Gasteiger partial charge in [-0.2, -0.15) is 11.3 Å². The molecule has 5 heteroatoms. The largest absolute Gasteiger partial charge is 0.399 e. The van der Waals surface area contributed by atoms with Gasteiger partial charge in [0.05, 0.1) is 10.6 Å². The Hall–Kier alpha value is -1.52. The lowest BCUT2D eigenvalue weighted by Gasteiger charge is -2.06. The molecule has 0 radical (unpaired) electrons. The van der Waals surface area contributed by atoms with Crippen molar-refractivity contribution in [2.75, 3.05) is 12.3 Å². The van der Waals surface area contributed by atoms with Crippen LogP contribution in [0.1, 0.15) is 15.9 Å². The Bertz CT molecular complexity index is 540. The molecule has 94 valence electrons. The van der Waals surface area contributed by atoms with Crippen molar-refractivity contribution in [1.82, 2.24) is 5.32 Å². The number of benzene rings is 1. The van der Waals surface area contributed by atoms with Gasteiger partial charge in [-0.3, -0.25) is 4.79 Å². The Morgan fingerprint density at radius 1 is 1.39 bits per heavy atom. The minimum Gasteiger partial charge on any atom is -0.399 e. The van der Waals surface area contributed by atoms with Crippen molar-refractivity contribution in [2.24, 2.45) is 0 Å². The van der Waals surface area contributed by atoms with Crippen molar-refractivity contribution in [3.05, 3.63) is 51.2 Å². The summed E-state index contributed by atoms with van der Waals surface area (Å²) in [5.41, 5.74) is 7.81. The van der Waals surface area contributed by atoms with Crippen molar-refractivity contribution in [1.29, 1.82) is 0 Å². The maximum absolute atomic E-state index is 11.9. The van der Waals surface area contributed by atoms with E-state index in [1.54, 1.807) is 29.5 Å². The van der Waals surface area contributed by atoms with E-state index in [-0.39, 0.29) is 5.91 Å². The minimum absolute atomic E-state index is 0.171. The van der Waals surface area contributed by atoms with E-state index in [1.807, 2.05) is 11.4 Å². The molecule has 3 nitrogen and oxygen atoms in total. The first kappa shape index (κ1) is 12.9. The molecule has 0 saturated heterocycles. The number of carbonyl (C=O) groups is 1. The molecule has 0 atom stereocenters. The third-order valence-corrected chi connectivity index (χ3v) is 3.56. The van der Waals surface area contributed by atoms with E-state index >= 15 is 0 Å². The number of amides is 1. The lowest BCUT2D eigenvalue weighted by Crippen LogP contribution is -2.25. The van der Waals surface area contributed by atoms with Gasteiger partial charge < -0.3 is 11.1 Å². The number of hydrogen-bond donors (Lipinski definition) is 2. The summed E-state index contributed by atoms with van der Waals surface area (Å²) in [4.78, 5) is 11.9. The van der Waals surface area contributed by atoms with Crippen LogP contribution in [0.2, 0.25) is 5.02 Å². The summed E-state index contributed by atoms with van der Waals surface area (Å²) < 4.78 is 0. The van der Waals surface area contributed by atoms with Crippen molar-refractivity contribution in [3.8, 4) is 0 Å². The molecule has 3 N–H and O–H groups in total. The topological polar surface area (TPSA) is 55.1 Å². The van der Waals surface area contributed by atoms with Gasteiger partial charge in [-0.15, -0.1) is 0 Å². The van der Waals surface area contributed by atoms with E-state index in [1.165, 1.54) is 5.56 Å². The van der Waals surface area contributed by atoms with Crippen LogP contribution in [0.25, 0.3) is 0 Å². The molecule has 0 aliphatic rings. The summed E-state index contributed by atoms with van der Waals surface area (Å²) in [6, 6.07) is 6.93. The summed E-state index contributed by atoms with van der Waals surface area (Å²) in [6.07, 6.45) is 0.821. The fourth-order valence-corrected chi connectivity index (χ4v) is 2.54. The van der Waals surface area contributed by atoms with Crippen molar-refractivity contribution < 1.29 is 4.79 Å². The Morgan fingerprint density at radius 2 is 2.22 bits per heavy atom. The van der Waals surface area contributed by atoms with E-state index in [0.29, 0.717) is 22.8 Å². The van der Waals surface area contributed by atoms with Crippen LogP contribution in [-0.4, -0.2) is 12.5 Å². The molecule has 1 aromatic heterocycles. The Labute approximate surface area is 115 Å². The van der Waals surface area contributed by atoms with E-state index in [0.717, 1.165) is 6.42 Å². The monoisotopic (exact) mass is 280 g/mol. The van der Waals surface area contributed by atoms with Crippen LogP contribution < -0.4 is 11.1 Å². The normalized spacial score (nSPS) is 10.3. The van der Waals surface area contributed by atoms with Crippen LogP contribution in [0.3, 0.4) is 0 Å². The molecule has 0 bridgehead atoms. The maximum Gasteiger partial charge on any atom is 0.252 e. The number of nitrogens with one attached hydrogen (secondary N) is 1. The third-order valence-electron chi connectivity index (χ3n) is 2.52. The minimum atomic E-state index is -0.171. The first-order valence-electron chi connectivity index (χ1n) is 5.51. The number of rotatable bonds is 4. The molecule has 1 heterocycles. The second kappa shape index (κ2) is 5.89. The van der Waals surface area contributed by atoms with Crippen LogP contribution in [0.15, 0.2) is 35.0 Å². The molecular formula is C13H13ClN2OS. The second-order valence-corrected chi connectivity index (χ2v) is 5.06. The van der Waals surface area contributed by atoms with Gasteiger partial charge in [0.25, 0.3) is 5.91 Å². The second-order valence-electron chi connectivity index (χ2n) is 3.88. The van der Waals surface area contributed by atoms with E-state index in [9.17, 15) is 4.79 Å². The predicted molar refractivity (Wildman–Crippen MR) is 76.2 cm³/mol. The standard InChI is InChI=1S/C13H13ClN2OS/c14-12-7-10(15)1-2-11(12)13(17)16-5-3-9-4-6-18-8-9/h1-2,4,6-8H,3,5,15H2,(H,16,17). The highest BCUT2D eigenvalue weighted by atomic mass is 35.5. The molecule has 0 saturated carbocycles. The van der Waals surface area contributed by atoms with E-state index in [2.05, 4.69) is 10.7 Å². The summed E-state index contributed by atoms with van der Waals surface area (Å²) in [5, 5.41) is 7.31. The van der Waals surface area contributed by atoms with Crippen LogP contribution >= 0.6 is 22.9 Å². The molecule has 0 unspecified atom stereocenters. The zero-order valence-corrected chi connectivity index (χ0v) is 11.2. The molecule has 0 aliphatic carbocycles. The van der Waals surface area contributed by atoms with Gasteiger partial charge in [-0.05, 0) is 47.0 Å². The predicted octanol–water partition coefficient (Wildman–Crippen LogP) is 2.96. The van der Waals surface area contributed by atoms with Gasteiger partial charge in [-0.25, -0.2) is 0 Å². The van der Waals surface area contributed by atoms with E-state index in [4.69, 9.17) is 17.3 Å². The number of thiophene rings is 1. The molecule has 1 amide bonds. The van der Waals surface area contributed by atoms with Gasteiger partial charge in [0, 0.05) is 12.2 Å². The first-order valence-corrected chi connectivity index (χ1v) is 6.83. The van der Waals surface area contributed by atoms with Crippen molar-refractivity contribution >= 4 is 34.5 Å². The number of hydrogen-bond acceptors (Lipinski definition) is 3. The van der Waals surface area contributed by atoms with E-state index < -0.39 is 0 Å². The quantitative estimate of drug-likeness (QED) is 0.846. The summed E-state index contributed by atoms with van der Waals surface area (Å²) in [5.74, 6) is -0.171. The summed E-state index contributed by atoms with van der Waals surface area (Å²) >= 11 is 7.61. The molecule has 18 heavy (non-hydrogen) atoms. The highest BCUT2D eigenvalue weighted by molar-refractivity contribution is 7.07. The van der Waals surface area contributed by atoms with Gasteiger partial charge in [-0.1, -0.05) is 11.6 Å². The number of anilines is 1.